The lowest BCUT2D eigenvalue weighted by Crippen LogP contribution is -2.20. The van der Waals surface area contributed by atoms with E-state index in [1.54, 1.807) is 11.3 Å². The molecule has 5 heteroatoms. The Bertz CT molecular complexity index is 506. The maximum absolute atomic E-state index is 3.66. The van der Waals surface area contributed by atoms with E-state index in [0.29, 0.717) is 6.04 Å². The Labute approximate surface area is 132 Å². The van der Waals surface area contributed by atoms with Crippen LogP contribution in [0.25, 0.3) is 0 Å². The van der Waals surface area contributed by atoms with Gasteiger partial charge in [-0.15, -0.1) is 22.7 Å². The minimum Gasteiger partial charge on any atom is -0.306 e. The third kappa shape index (κ3) is 3.32. The molecule has 0 aliphatic rings. The SMILES string of the molecule is CCNC(c1csc(I)c1)c1sc(C)cc1Br. The van der Waals surface area contributed by atoms with Crippen molar-refractivity contribution >= 4 is 61.2 Å². The predicted octanol–water partition coefficient (Wildman–Crippen LogP) is 5.18. The third-order valence-corrected chi connectivity index (χ3v) is 6.27. The average Bonchev–Trinajstić information content (AvgIpc) is 2.82. The average molecular weight is 442 g/mol. The zero-order valence-corrected chi connectivity index (χ0v) is 15.0. The quantitative estimate of drug-likeness (QED) is 0.644. The van der Waals surface area contributed by atoms with Crippen molar-refractivity contribution in [2.24, 2.45) is 0 Å². The minimum absolute atomic E-state index is 0.313. The van der Waals surface area contributed by atoms with Gasteiger partial charge in [-0.1, -0.05) is 6.92 Å². The second kappa shape index (κ2) is 6.14. The van der Waals surface area contributed by atoms with Gasteiger partial charge in [-0.05, 0) is 75.1 Å². The van der Waals surface area contributed by atoms with Crippen molar-refractivity contribution in [2.75, 3.05) is 6.54 Å². The van der Waals surface area contributed by atoms with Crippen molar-refractivity contribution in [3.05, 3.63) is 40.2 Å². The van der Waals surface area contributed by atoms with Gasteiger partial charge in [0.05, 0.1) is 8.93 Å². The molecule has 1 nitrogen and oxygen atoms in total. The Morgan fingerprint density at radius 3 is 2.71 bits per heavy atom. The van der Waals surface area contributed by atoms with Crippen LogP contribution in [0.3, 0.4) is 0 Å². The molecule has 1 atom stereocenters. The van der Waals surface area contributed by atoms with Gasteiger partial charge in [-0.2, -0.15) is 0 Å². The largest absolute Gasteiger partial charge is 0.306 e. The minimum atomic E-state index is 0.313. The molecule has 0 spiro atoms. The molecular weight excluding hydrogens is 429 g/mol. The lowest BCUT2D eigenvalue weighted by atomic mass is 10.1. The van der Waals surface area contributed by atoms with Gasteiger partial charge in [-0.25, -0.2) is 0 Å². The van der Waals surface area contributed by atoms with E-state index in [1.165, 1.54) is 22.7 Å². The topological polar surface area (TPSA) is 12.0 Å². The molecule has 0 aromatic carbocycles. The molecular formula is C12H13BrINS2. The van der Waals surface area contributed by atoms with Crippen LogP contribution in [0.4, 0.5) is 0 Å². The van der Waals surface area contributed by atoms with E-state index in [-0.39, 0.29) is 0 Å². The fraction of sp³-hybridized carbons (Fsp3) is 0.333. The van der Waals surface area contributed by atoms with Gasteiger partial charge < -0.3 is 5.32 Å². The maximum atomic E-state index is 3.66. The van der Waals surface area contributed by atoms with E-state index >= 15 is 0 Å². The zero-order chi connectivity index (χ0) is 12.4. The van der Waals surface area contributed by atoms with Gasteiger partial charge in [0.25, 0.3) is 0 Å². The molecule has 0 amide bonds. The highest BCUT2D eigenvalue weighted by Crippen LogP contribution is 2.37. The molecule has 0 aliphatic carbocycles. The molecule has 0 radical (unpaired) electrons. The Balaban J connectivity index is 2.38. The Morgan fingerprint density at radius 1 is 1.47 bits per heavy atom. The standard InChI is InChI=1S/C12H13BrINS2/c1-3-15-11(8-5-10(14)16-6-8)12-9(13)4-7(2)17-12/h4-6,11,15H,3H2,1-2H3. The summed E-state index contributed by atoms with van der Waals surface area (Å²) in [4.78, 5) is 2.72. The van der Waals surface area contributed by atoms with E-state index in [4.69, 9.17) is 0 Å². The van der Waals surface area contributed by atoms with Crippen LogP contribution in [0.5, 0.6) is 0 Å². The molecule has 2 aromatic heterocycles. The number of hydrogen-bond acceptors (Lipinski definition) is 3. The van der Waals surface area contributed by atoms with Gasteiger partial charge in [-0.3, -0.25) is 0 Å². The smallest absolute Gasteiger partial charge is 0.0690 e. The molecule has 0 saturated heterocycles. The van der Waals surface area contributed by atoms with E-state index in [9.17, 15) is 0 Å². The number of rotatable bonds is 4. The summed E-state index contributed by atoms with van der Waals surface area (Å²) in [6.45, 7) is 5.28. The van der Waals surface area contributed by atoms with Crippen molar-refractivity contribution in [1.29, 1.82) is 0 Å². The van der Waals surface area contributed by atoms with Crippen molar-refractivity contribution in [3.8, 4) is 0 Å². The van der Waals surface area contributed by atoms with Gasteiger partial charge in [0.2, 0.25) is 0 Å². The van der Waals surface area contributed by atoms with Gasteiger partial charge in [0.1, 0.15) is 0 Å². The number of thiophene rings is 2. The summed E-state index contributed by atoms with van der Waals surface area (Å²) in [7, 11) is 0. The highest BCUT2D eigenvalue weighted by molar-refractivity contribution is 14.1. The van der Waals surface area contributed by atoms with Crippen LogP contribution in [0.1, 0.15) is 28.3 Å². The number of halogens is 2. The summed E-state index contributed by atoms with van der Waals surface area (Å²) < 4.78 is 2.55. The first-order valence-electron chi connectivity index (χ1n) is 5.35. The Hall–Kier alpha value is 0.570. The summed E-state index contributed by atoms with van der Waals surface area (Å²) in [5, 5.41) is 5.81. The highest BCUT2D eigenvalue weighted by atomic mass is 127. The van der Waals surface area contributed by atoms with Crippen molar-refractivity contribution in [3.63, 3.8) is 0 Å². The first-order chi connectivity index (χ1) is 8.11. The molecule has 92 valence electrons. The van der Waals surface area contributed by atoms with E-state index < -0.39 is 0 Å². The molecule has 0 bridgehead atoms. The summed E-state index contributed by atoms with van der Waals surface area (Å²) in [6, 6.07) is 4.77. The van der Waals surface area contributed by atoms with Crippen LogP contribution in [-0.2, 0) is 0 Å². The molecule has 2 heterocycles. The number of aryl methyl sites for hydroxylation is 1. The molecule has 17 heavy (non-hydrogen) atoms. The molecule has 0 saturated carbocycles. The van der Waals surface area contributed by atoms with Crippen molar-refractivity contribution in [1.82, 2.24) is 5.32 Å². The highest BCUT2D eigenvalue weighted by Gasteiger charge is 2.19. The van der Waals surface area contributed by atoms with Crippen LogP contribution in [-0.4, -0.2) is 6.54 Å². The van der Waals surface area contributed by atoms with E-state index in [0.717, 1.165) is 6.54 Å². The van der Waals surface area contributed by atoms with E-state index in [1.807, 2.05) is 11.3 Å². The van der Waals surface area contributed by atoms with Crippen LogP contribution in [0, 0.1) is 9.81 Å². The maximum Gasteiger partial charge on any atom is 0.0690 e. The zero-order valence-electron chi connectivity index (χ0n) is 9.59. The van der Waals surface area contributed by atoms with E-state index in [2.05, 4.69) is 75.2 Å². The summed E-state index contributed by atoms with van der Waals surface area (Å²) >= 11 is 9.70. The normalized spacial score (nSPS) is 12.9. The van der Waals surface area contributed by atoms with Gasteiger partial charge in [0.15, 0.2) is 0 Å². The second-order valence-corrected chi connectivity index (χ2v) is 8.69. The fourth-order valence-corrected chi connectivity index (χ4v) is 5.12. The van der Waals surface area contributed by atoms with Crippen LogP contribution < -0.4 is 5.32 Å². The lowest BCUT2D eigenvalue weighted by molar-refractivity contribution is 0.639. The summed E-state index contributed by atoms with van der Waals surface area (Å²) in [5.41, 5.74) is 1.36. The Morgan fingerprint density at radius 2 is 2.24 bits per heavy atom. The molecule has 0 fully saturated rings. The first kappa shape index (κ1) is 14.0. The number of hydrogen-bond donors (Lipinski definition) is 1. The fourth-order valence-electron chi connectivity index (χ4n) is 1.74. The number of nitrogens with one attached hydrogen (secondary N) is 1. The van der Waals surface area contributed by atoms with Gasteiger partial charge in [0, 0.05) is 14.2 Å². The monoisotopic (exact) mass is 441 g/mol. The van der Waals surface area contributed by atoms with Crippen LogP contribution in [0.15, 0.2) is 22.0 Å². The molecule has 1 unspecified atom stereocenters. The van der Waals surface area contributed by atoms with Crippen molar-refractivity contribution < 1.29 is 0 Å². The lowest BCUT2D eigenvalue weighted by Gasteiger charge is -2.16. The second-order valence-electron chi connectivity index (χ2n) is 3.74. The Kier molecular flexibility index (Phi) is 5.06. The van der Waals surface area contributed by atoms with Crippen LogP contribution in [0.2, 0.25) is 0 Å². The first-order valence-corrected chi connectivity index (χ1v) is 8.91. The molecule has 1 N–H and O–H groups in total. The molecule has 2 rings (SSSR count). The molecule has 0 aliphatic heterocycles. The summed E-state index contributed by atoms with van der Waals surface area (Å²) in [6.07, 6.45) is 0. The predicted molar refractivity (Wildman–Crippen MR) is 89.3 cm³/mol. The summed E-state index contributed by atoms with van der Waals surface area (Å²) in [5.74, 6) is 0. The molecule has 2 aromatic rings. The van der Waals surface area contributed by atoms with Crippen molar-refractivity contribution in [2.45, 2.75) is 19.9 Å². The van der Waals surface area contributed by atoms with Crippen LogP contribution >= 0.6 is 61.2 Å². The van der Waals surface area contributed by atoms with Gasteiger partial charge >= 0.3 is 0 Å². The third-order valence-electron chi connectivity index (χ3n) is 2.43.